The van der Waals surface area contributed by atoms with E-state index >= 15 is 0 Å². The van der Waals surface area contributed by atoms with E-state index < -0.39 is 37.7 Å². The van der Waals surface area contributed by atoms with Crippen LogP contribution in [-0.4, -0.2) is 95.2 Å². The van der Waals surface area contributed by atoms with E-state index in [9.17, 15) is 23.2 Å². The standard InChI is InChI=1S/C46H67F3N5O7P/c1-35(2)54(36(3)4)62(60-31-13-29-52)61-42(32-58-34-44(24-10-27-50,25-11-28-51)26-12-30-53-43(55)46(47,48)49)33-59-45(37-14-8-7-9-15-37,38-16-20-40(56-5)21-17-38)39-18-22-41(57-6)23-19-39/h7-9,14-23,35-36,42H,10-13,24-28,30-34,50-51H2,1-6H3,(H,53,55). The molecule has 0 aromatic heterocycles. The van der Waals surface area contributed by atoms with Gasteiger partial charge in [0.05, 0.1) is 53.1 Å². The van der Waals surface area contributed by atoms with Crippen molar-refractivity contribution in [1.29, 1.82) is 5.26 Å². The number of amides is 1. The molecule has 1 amide bonds. The third-order valence-electron chi connectivity index (χ3n) is 10.5. The van der Waals surface area contributed by atoms with Crippen LogP contribution in [-0.2, 0) is 28.9 Å². The molecule has 344 valence electrons. The number of carbonyl (C=O) groups excluding carboxylic acids is 1. The Balaban J connectivity index is 2.12. The smallest absolute Gasteiger partial charge is 0.471 e. The van der Waals surface area contributed by atoms with Crippen molar-refractivity contribution in [2.75, 3.05) is 60.3 Å². The summed E-state index contributed by atoms with van der Waals surface area (Å²) in [4.78, 5) is 11.6. The molecule has 0 saturated heterocycles. The van der Waals surface area contributed by atoms with Gasteiger partial charge >= 0.3 is 12.1 Å². The Labute approximate surface area is 367 Å². The van der Waals surface area contributed by atoms with E-state index in [1.807, 2.05) is 84.2 Å². The van der Waals surface area contributed by atoms with E-state index in [-0.39, 0.29) is 51.5 Å². The lowest BCUT2D eigenvalue weighted by Crippen LogP contribution is -2.40. The SMILES string of the molecule is COc1ccc(C(OCC(COCC(CCCN)(CCCN)CCCNC(=O)C(F)(F)F)OP(OCCC#N)N(C(C)C)C(C)C)(c2ccccc2)c2ccc(OC)cc2)cc1. The number of nitriles is 1. The third-order valence-corrected chi connectivity index (χ3v) is 12.7. The molecule has 62 heavy (non-hydrogen) atoms. The first-order valence-corrected chi connectivity index (χ1v) is 22.4. The van der Waals surface area contributed by atoms with E-state index in [2.05, 4.69) is 38.4 Å². The molecule has 16 heteroatoms. The maximum absolute atomic E-state index is 13.0. The first kappa shape index (κ1) is 52.5. The quantitative estimate of drug-likeness (QED) is 0.0334. The molecule has 0 bridgehead atoms. The molecule has 0 aliphatic carbocycles. The van der Waals surface area contributed by atoms with Crippen molar-refractivity contribution in [1.82, 2.24) is 9.99 Å². The van der Waals surface area contributed by atoms with Crippen LogP contribution in [0.4, 0.5) is 13.2 Å². The van der Waals surface area contributed by atoms with Crippen LogP contribution >= 0.6 is 8.53 Å². The van der Waals surface area contributed by atoms with Gasteiger partial charge in [-0.3, -0.25) is 4.79 Å². The first-order valence-electron chi connectivity index (χ1n) is 21.3. The van der Waals surface area contributed by atoms with Crippen LogP contribution in [0.5, 0.6) is 11.5 Å². The van der Waals surface area contributed by atoms with Crippen LogP contribution in [0.3, 0.4) is 0 Å². The molecule has 2 atom stereocenters. The average molecular weight is 890 g/mol. The highest BCUT2D eigenvalue weighted by atomic mass is 31.2. The zero-order chi connectivity index (χ0) is 45.6. The van der Waals surface area contributed by atoms with Gasteiger partial charge in [0.25, 0.3) is 8.53 Å². The highest BCUT2D eigenvalue weighted by Crippen LogP contribution is 2.48. The van der Waals surface area contributed by atoms with E-state index in [1.165, 1.54) is 0 Å². The number of rotatable bonds is 30. The third kappa shape index (κ3) is 15.7. The first-order chi connectivity index (χ1) is 29.7. The number of benzene rings is 3. The minimum atomic E-state index is -4.96. The van der Waals surface area contributed by atoms with Crippen molar-refractivity contribution in [3.05, 3.63) is 95.6 Å². The topological polar surface area (TPSA) is 164 Å². The fourth-order valence-electron chi connectivity index (χ4n) is 7.54. The number of carbonyl (C=O) groups is 1. The molecule has 0 fully saturated rings. The van der Waals surface area contributed by atoms with Gasteiger partial charge in [-0.1, -0.05) is 54.6 Å². The molecular weight excluding hydrogens is 823 g/mol. The molecular formula is C46H67F3N5O7P. The molecule has 5 N–H and O–H groups in total. The van der Waals surface area contributed by atoms with E-state index in [1.54, 1.807) is 14.2 Å². The van der Waals surface area contributed by atoms with Crippen LogP contribution in [0, 0.1) is 16.7 Å². The second-order valence-corrected chi connectivity index (χ2v) is 17.2. The number of hydrogen-bond donors (Lipinski definition) is 3. The number of nitrogens with two attached hydrogens (primary N) is 2. The maximum Gasteiger partial charge on any atom is 0.471 e. The summed E-state index contributed by atoms with van der Waals surface area (Å²) in [5.74, 6) is -0.610. The summed E-state index contributed by atoms with van der Waals surface area (Å²) in [5, 5.41) is 11.4. The maximum atomic E-state index is 13.0. The monoisotopic (exact) mass is 889 g/mol. The molecule has 3 aromatic rings. The molecule has 0 saturated carbocycles. The fraction of sp³-hybridized carbons (Fsp3) is 0.565. The predicted octanol–water partition coefficient (Wildman–Crippen LogP) is 8.61. The normalized spacial score (nSPS) is 13.3. The van der Waals surface area contributed by atoms with E-state index in [0.717, 1.165) is 16.7 Å². The minimum Gasteiger partial charge on any atom is -0.497 e. The molecule has 12 nitrogen and oxygen atoms in total. The second-order valence-electron chi connectivity index (χ2n) is 15.7. The van der Waals surface area contributed by atoms with Crippen molar-refractivity contribution >= 4 is 14.4 Å². The van der Waals surface area contributed by atoms with Gasteiger partial charge in [0.1, 0.15) is 23.2 Å². The number of alkyl halides is 3. The van der Waals surface area contributed by atoms with Crippen LogP contribution in [0.15, 0.2) is 78.9 Å². The summed E-state index contributed by atoms with van der Waals surface area (Å²) in [7, 11) is 1.48. The lowest BCUT2D eigenvalue weighted by Gasteiger charge is -2.40. The molecule has 0 radical (unpaired) electrons. The Morgan fingerprint density at radius 1 is 0.790 bits per heavy atom. The van der Waals surface area contributed by atoms with Crippen molar-refractivity contribution < 1.29 is 46.0 Å². The van der Waals surface area contributed by atoms with Gasteiger partial charge in [-0.05, 0) is 126 Å². The summed E-state index contributed by atoms with van der Waals surface area (Å²) in [6.07, 6.45) is -2.16. The van der Waals surface area contributed by atoms with Crippen LogP contribution in [0.2, 0.25) is 0 Å². The zero-order valence-electron chi connectivity index (χ0n) is 37.1. The number of hydrogen-bond acceptors (Lipinski definition) is 11. The summed E-state index contributed by atoms with van der Waals surface area (Å²) in [6.45, 7) is 9.37. The van der Waals surface area contributed by atoms with Crippen LogP contribution in [0.25, 0.3) is 0 Å². The van der Waals surface area contributed by atoms with E-state index in [0.29, 0.717) is 63.1 Å². The fourth-order valence-corrected chi connectivity index (χ4v) is 9.22. The molecule has 0 aliphatic heterocycles. The predicted molar refractivity (Wildman–Crippen MR) is 236 cm³/mol. The van der Waals surface area contributed by atoms with Gasteiger partial charge in [-0.2, -0.15) is 18.4 Å². The number of ether oxygens (including phenoxy) is 4. The van der Waals surface area contributed by atoms with Crippen molar-refractivity contribution in [3.63, 3.8) is 0 Å². The second kappa shape index (κ2) is 26.7. The summed E-state index contributed by atoms with van der Waals surface area (Å²) in [5.41, 5.74) is 12.8. The Bertz CT molecular complexity index is 1690. The minimum absolute atomic E-state index is 0.0134. The van der Waals surface area contributed by atoms with Gasteiger partial charge in [-0.15, -0.1) is 0 Å². The lowest BCUT2D eigenvalue weighted by atomic mass is 9.76. The number of nitrogens with zero attached hydrogens (tertiary/aromatic N) is 2. The molecule has 0 aliphatic rings. The molecule has 3 rings (SSSR count). The Kier molecular flexibility index (Phi) is 22.6. The highest BCUT2D eigenvalue weighted by molar-refractivity contribution is 7.44. The molecule has 2 unspecified atom stereocenters. The summed E-state index contributed by atoms with van der Waals surface area (Å²) < 4.78 is 79.4. The molecule has 3 aromatic carbocycles. The Morgan fingerprint density at radius 2 is 1.31 bits per heavy atom. The van der Waals surface area contributed by atoms with Gasteiger partial charge in [0.15, 0.2) is 0 Å². The van der Waals surface area contributed by atoms with Gasteiger partial charge in [0.2, 0.25) is 0 Å². The zero-order valence-corrected chi connectivity index (χ0v) is 38.0. The number of nitrogens with one attached hydrogen (secondary N) is 1. The molecule has 0 spiro atoms. The van der Waals surface area contributed by atoms with Gasteiger partial charge in [-0.25, -0.2) is 4.67 Å². The van der Waals surface area contributed by atoms with Crippen molar-refractivity contribution in [3.8, 4) is 17.6 Å². The summed E-state index contributed by atoms with van der Waals surface area (Å²) >= 11 is 0. The van der Waals surface area contributed by atoms with Crippen molar-refractivity contribution in [2.45, 2.75) is 103 Å². The summed E-state index contributed by atoms with van der Waals surface area (Å²) in [6, 6.07) is 27.5. The molecule has 0 heterocycles. The average Bonchev–Trinajstić information content (AvgIpc) is 3.26. The van der Waals surface area contributed by atoms with Crippen LogP contribution in [0.1, 0.15) is 89.3 Å². The largest absolute Gasteiger partial charge is 0.497 e. The van der Waals surface area contributed by atoms with Gasteiger partial charge in [0, 0.05) is 18.6 Å². The Hall–Kier alpha value is -3.84. The number of halogens is 3. The highest BCUT2D eigenvalue weighted by Gasteiger charge is 2.41. The Morgan fingerprint density at radius 3 is 1.77 bits per heavy atom. The lowest BCUT2D eigenvalue weighted by molar-refractivity contribution is -0.173. The van der Waals surface area contributed by atoms with E-state index in [4.69, 9.17) is 39.5 Å². The van der Waals surface area contributed by atoms with Gasteiger partial charge < -0.3 is 44.8 Å². The van der Waals surface area contributed by atoms with Crippen LogP contribution < -0.4 is 26.3 Å². The number of methoxy groups -OCH3 is 2. The van der Waals surface area contributed by atoms with Crippen molar-refractivity contribution in [2.24, 2.45) is 16.9 Å².